The number of ether oxygens (including phenoxy) is 1. The van der Waals surface area contributed by atoms with E-state index >= 15 is 0 Å². The van der Waals surface area contributed by atoms with Gasteiger partial charge in [-0.1, -0.05) is 22.0 Å². The lowest BCUT2D eigenvalue weighted by Crippen LogP contribution is -2.20. The number of carboxylic acids is 1. The van der Waals surface area contributed by atoms with Crippen molar-refractivity contribution in [1.29, 1.82) is 0 Å². The molecule has 1 aliphatic rings. The standard InChI is InChI=1S/C11H11BrO3/c1-15-8-4-2-3-7(12)9(8)11(5-6-11)10(13)14/h2-4H,5-6H2,1H3,(H,13,14). The highest BCUT2D eigenvalue weighted by Crippen LogP contribution is 2.53. The van der Waals surface area contributed by atoms with E-state index in [-0.39, 0.29) is 0 Å². The molecule has 0 unspecified atom stereocenters. The SMILES string of the molecule is COc1cccc(Br)c1C1(C(=O)O)CC1. The van der Waals surface area contributed by atoms with Gasteiger partial charge in [-0.25, -0.2) is 0 Å². The summed E-state index contributed by atoms with van der Waals surface area (Å²) >= 11 is 3.39. The van der Waals surface area contributed by atoms with E-state index in [9.17, 15) is 9.90 Å². The largest absolute Gasteiger partial charge is 0.496 e. The zero-order chi connectivity index (χ0) is 11.1. The minimum absolute atomic E-state index is 0.643. The molecule has 0 amide bonds. The quantitative estimate of drug-likeness (QED) is 0.919. The fourth-order valence-corrected chi connectivity index (χ4v) is 2.56. The molecule has 1 aromatic carbocycles. The van der Waals surface area contributed by atoms with Crippen LogP contribution < -0.4 is 4.74 Å². The van der Waals surface area contributed by atoms with Gasteiger partial charge in [0.2, 0.25) is 0 Å². The Balaban J connectivity index is 2.56. The molecule has 1 fully saturated rings. The monoisotopic (exact) mass is 270 g/mol. The second kappa shape index (κ2) is 3.52. The van der Waals surface area contributed by atoms with Gasteiger partial charge < -0.3 is 9.84 Å². The summed E-state index contributed by atoms with van der Waals surface area (Å²) in [4.78, 5) is 11.2. The first-order valence-corrected chi connectivity index (χ1v) is 5.47. The average molecular weight is 271 g/mol. The number of rotatable bonds is 3. The van der Waals surface area contributed by atoms with Crippen molar-refractivity contribution < 1.29 is 14.6 Å². The number of benzene rings is 1. The van der Waals surface area contributed by atoms with Gasteiger partial charge in [-0.3, -0.25) is 4.79 Å². The van der Waals surface area contributed by atoms with E-state index in [1.165, 1.54) is 0 Å². The molecule has 1 aromatic rings. The molecule has 1 N–H and O–H groups in total. The third kappa shape index (κ3) is 1.53. The Bertz CT molecular complexity index is 410. The number of carboxylic acid groups (broad SMARTS) is 1. The zero-order valence-corrected chi connectivity index (χ0v) is 9.87. The van der Waals surface area contributed by atoms with Crippen molar-refractivity contribution in [3.05, 3.63) is 28.2 Å². The van der Waals surface area contributed by atoms with Crippen molar-refractivity contribution >= 4 is 21.9 Å². The maximum absolute atomic E-state index is 11.2. The van der Waals surface area contributed by atoms with Gasteiger partial charge in [0.25, 0.3) is 0 Å². The number of hydrogen-bond acceptors (Lipinski definition) is 2. The lowest BCUT2D eigenvalue weighted by molar-refractivity contribution is -0.140. The number of methoxy groups -OCH3 is 1. The molecule has 2 rings (SSSR count). The Labute approximate surface area is 96.2 Å². The van der Waals surface area contributed by atoms with Gasteiger partial charge in [0.1, 0.15) is 5.75 Å². The van der Waals surface area contributed by atoms with E-state index in [0.29, 0.717) is 18.6 Å². The molecule has 0 atom stereocenters. The predicted molar refractivity (Wildman–Crippen MR) is 59.2 cm³/mol. The lowest BCUT2D eigenvalue weighted by Gasteiger charge is -2.16. The van der Waals surface area contributed by atoms with Gasteiger partial charge in [-0.15, -0.1) is 0 Å². The second-order valence-electron chi connectivity index (χ2n) is 3.70. The van der Waals surface area contributed by atoms with E-state index in [2.05, 4.69) is 15.9 Å². The van der Waals surface area contributed by atoms with E-state index in [0.717, 1.165) is 10.0 Å². The molecule has 0 bridgehead atoms. The van der Waals surface area contributed by atoms with Gasteiger partial charge >= 0.3 is 5.97 Å². The molecule has 3 nitrogen and oxygen atoms in total. The zero-order valence-electron chi connectivity index (χ0n) is 8.29. The van der Waals surface area contributed by atoms with Crippen molar-refractivity contribution in [2.45, 2.75) is 18.3 Å². The van der Waals surface area contributed by atoms with Crippen LogP contribution >= 0.6 is 15.9 Å². The molecule has 1 saturated carbocycles. The first-order chi connectivity index (χ1) is 7.12. The van der Waals surface area contributed by atoms with Gasteiger partial charge in [0.15, 0.2) is 0 Å². The Morgan fingerprint density at radius 1 is 1.53 bits per heavy atom. The summed E-state index contributed by atoms with van der Waals surface area (Å²) in [6.07, 6.45) is 1.36. The Morgan fingerprint density at radius 3 is 2.67 bits per heavy atom. The van der Waals surface area contributed by atoms with E-state index in [1.54, 1.807) is 13.2 Å². The first kappa shape index (κ1) is 10.5. The normalized spacial score (nSPS) is 17.2. The van der Waals surface area contributed by atoms with Crippen LogP contribution in [-0.4, -0.2) is 18.2 Å². The van der Waals surface area contributed by atoms with Crippen LogP contribution in [0.4, 0.5) is 0 Å². The van der Waals surface area contributed by atoms with Crippen molar-refractivity contribution in [3.8, 4) is 5.75 Å². The average Bonchev–Trinajstić information content (AvgIpc) is 2.98. The molecule has 0 radical (unpaired) electrons. The van der Waals surface area contributed by atoms with Crippen molar-refractivity contribution in [2.75, 3.05) is 7.11 Å². The van der Waals surface area contributed by atoms with Gasteiger partial charge in [0, 0.05) is 10.0 Å². The van der Waals surface area contributed by atoms with Crippen LogP contribution in [0.15, 0.2) is 22.7 Å². The fraction of sp³-hybridized carbons (Fsp3) is 0.364. The van der Waals surface area contributed by atoms with Crippen molar-refractivity contribution in [2.24, 2.45) is 0 Å². The van der Waals surface area contributed by atoms with Gasteiger partial charge in [0.05, 0.1) is 12.5 Å². The van der Waals surface area contributed by atoms with Crippen molar-refractivity contribution in [3.63, 3.8) is 0 Å². The third-order valence-corrected chi connectivity index (χ3v) is 3.49. The molecule has 0 saturated heterocycles. The van der Waals surface area contributed by atoms with Crippen LogP contribution in [-0.2, 0) is 10.2 Å². The van der Waals surface area contributed by atoms with E-state index in [4.69, 9.17) is 4.74 Å². The highest BCUT2D eigenvalue weighted by molar-refractivity contribution is 9.10. The number of aliphatic carboxylic acids is 1. The maximum Gasteiger partial charge on any atom is 0.314 e. The number of carbonyl (C=O) groups is 1. The molecule has 15 heavy (non-hydrogen) atoms. The summed E-state index contributed by atoms with van der Waals surface area (Å²) in [6.45, 7) is 0. The van der Waals surface area contributed by atoms with Crippen LogP contribution in [0.2, 0.25) is 0 Å². The molecular formula is C11H11BrO3. The van der Waals surface area contributed by atoms with E-state index in [1.807, 2.05) is 12.1 Å². The maximum atomic E-state index is 11.2. The van der Waals surface area contributed by atoms with Crippen LogP contribution in [0.25, 0.3) is 0 Å². The second-order valence-corrected chi connectivity index (χ2v) is 4.56. The fourth-order valence-electron chi connectivity index (χ4n) is 1.83. The van der Waals surface area contributed by atoms with Gasteiger partial charge in [-0.2, -0.15) is 0 Å². The molecular weight excluding hydrogens is 260 g/mol. The van der Waals surface area contributed by atoms with Crippen LogP contribution in [0, 0.1) is 0 Å². The van der Waals surface area contributed by atoms with Crippen LogP contribution in [0.3, 0.4) is 0 Å². The van der Waals surface area contributed by atoms with Gasteiger partial charge in [-0.05, 0) is 25.0 Å². The summed E-state index contributed by atoms with van der Waals surface area (Å²) in [7, 11) is 1.56. The van der Waals surface area contributed by atoms with Crippen molar-refractivity contribution in [1.82, 2.24) is 0 Å². The molecule has 1 aliphatic carbocycles. The molecule has 0 heterocycles. The topological polar surface area (TPSA) is 46.5 Å². The molecule has 4 heteroatoms. The first-order valence-electron chi connectivity index (χ1n) is 4.68. The third-order valence-electron chi connectivity index (χ3n) is 2.83. The minimum atomic E-state index is -0.771. The predicted octanol–water partition coefficient (Wildman–Crippen LogP) is 2.57. The molecule has 0 aromatic heterocycles. The van der Waals surface area contributed by atoms with E-state index < -0.39 is 11.4 Å². The molecule has 0 aliphatic heterocycles. The summed E-state index contributed by atoms with van der Waals surface area (Å²) < 4.78 is 6.02. The summed E-state index contributed by atoms with van der Waals surface area (Å²) in [5, 5.41) is 9.23. The Hall–Kier alpha value is -1.03. The number of halogens is 1. The molecule has 80 valence electrons. The summed E-state index contributed by atoms with van der Waals surface area (Å²) in [5.41, 5.74) is 0.0332. The summed E-state index contributed by atoms with van der Waals surface area (Å²) in [6, 6.07) is 5.48. The minimum Gasteiger partial charge on any atom is -0.496 e. The Kier molecular flexibility index (Phi) is 2.46. The van der Waals surface area contributed by atoms with Crippen LogP contribution in [0.1, 0.15) is 18.4 Å². The molecule has 0 spiro atoms. The highest BCUT2D eigenvalue weighted by atomic mass is 79.9. The summed E-state index contributed by atoms with van der Waals surface area (Å²) in [5.74, 6) is -0.128. The Morgan fingerprint density at radius 2 is 2.20 bits per heavy atom. The highest BCUT2D eigenvalue weighted by Gasteiger charge is 2.54. The number of hydrogen-bond donors (Lipinski definition) is 1. The smallest absolute Gasteiger partial charge is 0.314 e. The lowest BCUT2D eigenvalue weighted by atomic mass is 9.95. The van der Waals surface area contributed by atoms with Crippen LogP contribution in [0.5, 0.6) is 5.75 Å².